The van der Waals surface area contributed by atoms with Gasteiger partial charge in [0.05, 0.1) is 0 Å². The molecule has 0 fully saturated rings. The Hall–Kier alpha value is -4.97. The largest absolute Gasteiger partial charge is 0.462 e. The number of esters is 3. The van der Waals surface area contributed by atoms with Crippen molar-refractivity contribution in [2.75, 3.05) is 13.2 Å². The molecule has 0 aromatic heterocycles. The quantitative estimate of drug-likeness (QED) is 0.0261. The Morgan fingerprint density at radius 3 is 0.844 bits per heavy atom. The highest BCUT2D eigenvalue weighted by molar-refractivity contribution is 5.71. The summed E-state index contributed by atoms with van der Waals surface area (Å²) in [6.07, 6.45) is 92.4. The van der Waals surface area contributed by atoms with Gasteiger partial charge in [0, 0.05) is 19.3 Å². The van der Waals surface area contributed by atoms with Crippen LogP contribution in [0.3, 0.4) is 0 Å². The second-order valence-electron chi connectivity index (χ2n) is 19.8. The van der Waals surface area contributed by atoms with E-state index in [0.29, 0.717) is 19.3 Å². The smallest absolute Gasteiger partial charge is 0.306 e. The topological polar surface area (TPSA) is 78.9 Å². The van der Waals surface area contributed by atoms with Gasteiger partial charge in [-0.05, 0) is 141 Å². The zero-order valence-corrected chi connectivity index (χ0v) is 49.4. The van der Waals surface area contributed by atoms with Gasteiger partial charge in [-0.15, -0.1) is 0 Å². The van der Waals surface area contributed by atoms with Crippen molar-refractivity contribution in [2.45, 2.75) is 258 Å². The number of ether oxygens (including phenoxy) is 3. The summed E-state index contributed by atoms with van der Waals surface area (Å²) in [5.41, 5.74) is 0. The molecule has 0 aliphatic heterocycles. The van der Waals surface area contributed by atoms with Crippen molar-refractivity contribution in [2.24, 2.45) is 0 Å². The third-order valence-electron chi connectivity index (χ3n) is 12.5. The highest BCUT2D eigenvalue weighted by atomic mass is 16.6. The van der Waals surface area contributed by atoms with Crippen molar-refractivity contribution in [3.05, 3.63) is 158 Å². The first kappa shape index (κ1) is 72.0. The third kappa shape index (κ3) is 61.8. The molecule has 0 saturated carbocycles. The Labute approximate surface area is 473 Å². The summed E-state index contributed by atoms with van der Waals surface area (Å²) < 4.78 is 16.9. The van der Waals surface area contributed by atoms with Crippen LogP contribution in [0.25, 0.3) is 0 Å². The van der Waals surface area contributed by atoms with Crippen molar-refractivity contribution in [3.63, 3.8) is 0 Å². The van der Waals surface area contributed by atoms with E-state index >= 15 is 0 Å². The molecule has 0 amide bonds. The molecule has 432 valence electrons. The molecular formula is C71H112O6. The van der Waals surface area contributed by atoms with Crippen LogP contribution in [0.5, 0.6) is 0 Å². The third-order valence-corrected chi connectivity index (χ3v) is 12.5. The summed E-state index contributed by atoms with van der Waals surface area (Å²) >= 11 is 0. The van der Waals surface area contributed by atoms with E-state index in [-0.39, 0.29) is 37.5 Å². The van der Waals surface area contributed by atoms with Crippen LogP contribution in [-0.4, -0.2) is 37.2 Å². The van der Waals surface area contributed by atoms with Gasteiger partial charge >= 0.3 is 17.9 Å². The molecule has 77 heavy (non-hydrogen) atoms. The second kappa shape index (κ2) is 63.6. The average molecular weight is 1060 g/mol. The summed E-state index contributed by atoms with van der Waals surface area (Å²) in [7, 11) is 0. The number of rotatable bonds is 54. The van der Waals surface area contributed by atoms with Gasteiger partial charge in [0.2, 0.25) is 0 Å². The monoisotopic (exact) mass is 1060 g/mol. The van der Waals surface area contributed by atoms with E-state index in [1.807, 2.05) is 0 Å². The fourth-order valence-electron chi connectivity index (χ4n) is 7.92. The second-order valence-corrected chi connectivity index (χ2v) is 19.8. The fourth-order valence-corrected chi connectivity index (χ4v) is 7.92. The molecule has 0 spiro atoms. The van der Waals surface area contributed by atoms with Gasteiger partial charge in [0.1, 0.15) is 13.2 Å². The van der Waals surface area contributed by atoms with Crippen LogP contribution in [0.4, 0.5) is 0 Å². The minimum atomic E-state index is -0.822. The number of hydrogen-bond acceptors (Lipinski definition) is 6. The van der Waals surface area contributed by atoms with E-state index in [4.69, 9.17) is 14.2 Å². The molecule has 6 heteroatoms. The summed E-state index contributed by atoms with van der Waals surface area (Å²) in [5.74, 6) is -1.00. The zero-order valence-electron chi connectivity index (χ0n) is 49.4. The average Bonchev–Trinajstić information content (AvgIpc) is 3.43. The molecule has 0 aliphatic rings. The van der Waals surface area contributed by atoms with Gasteiger partial charge in [-0.1, -0.05) is 249 Å². The van der Waals surface area contributed by atoms with Gasteiger partial charge in [-0.2, -0.15) is 0 Å². The minimum absolute atomic E-state index is 0.113. The van der Waals surface area contributed by atoms with Gasteiger partial charge in [-0.3, -0.25) is 14.4 Å². The molecule has 0 saturated heterocycles. The van der Waals surface area contributed by atoms with Gasteiger partial charge in [0.25, 0.3) is 0 Å². The number of allylic oxidation sites excluding steroid dienone is 26. The zero-order chi connectivity index (χ0) is 55.7. The number of carbonyl (C=O) groups is 3. The Morgan fingerprint density at radius 1 is 0.273 bits per heavy atom. The molecule has 6 nitrogen and oxygen atoms in total. The first-order valence-electron chi connectivity index (χ1n) is 31.0. The molecule has 0 N–H and O–H groups in total. The van der Waals surface area contributed by atoms with Crippen LogP contribution in [-0.2, 0) is 28.6 Å². The van der Waals surface area contributed by atoms with E-state index in [9.17, 15) is 14.4 Å². The predicted octanol–water partition coefficient (Wildman–Crippen LogP) is 21.3. The minimum Gasteiger partial charge on any atom is -0.462 e. The lowest BCUT2D eigenvalue weighted by atomic mass is 10.1. The van der Waals surface area contributed by atoms with Crippen molar-refractivity contribution in [3.8, 4) is 0 Å². The molecule has 1 atom stereocenters. The molecule has 0 aliphatic carbocycles. The summed E-state index contributed by atoms with van der Waals surface area (Å²) in [4.78, 5) is 38.3. The lowest BCUT2D eigenvalue weighted by Gasteiger charge is -2.18. The first-order valence-corrected chi connectivity index (χ1v) is 31.0. The maximum Gasteiger partial charge on any atom is 0.306 e. The van der Waals surface area contributed by atoms with E-state index in [1.54, 1.807) is 0 Å². The molecular weight excluding hydrogens is 949 g/mol. The Balaban J connectivity index is 4.56. The summed E-state index contributed by atoms with van der Waals surface area (Å²) in [5, 5.41) is 0. The Bertz CT molecular complexity index is 1740. The molecule has 0 radical (unpaired) electrons. The van der Waals surface area contributed by atoms with Crippen LogP contribution in [0, 0.1) is 0 Å². The van der Waals surface area contributed by atoms with Gasteiger partial charge < -0.3 is 14.2 Å². The Kier molecular flexibility index (Phi) is 59.5. The van der Waals surface area contributed by atoms with Crippen molar-refractivity contribution >= 4 is 17.9 Å². The standard InChI is InChI=1S/C71H112O6/c1-4-7-10-13-16-19-22-25-28-31-33-34-35-36-38-40-43-46-49-52-55-58-61-64-70(73)76-67-68(66-75-69(72)63-60-57-54-51-48-45-42-39-30-27-24-21-18-15-12-9-6-3)77-71(74)65-62-59-56-53-50-47-44-41-37-32-29-26-23-20-17-14-11-8-5-2/h7-8,10-11,16-21,25-30,33-34,36-38,41,43,46,52,55,68H,4-6,9,12-15,22-24,31-32,35,39-40,42,44-45,47-51,53-54,56-67H2,1-3H3/b10-7-,11-8-,19-16-,20-17-,21-18-,28-25-,29-26-,30-27-,34-33-,38-36-,41-37-,46-43-,55-52-. The van der Waals surface area contributed by atoms with Gasteiger partial charge in [-0.25, -0.2) is 0 Å². The lowest BCUT2D eigenvalue weighted by Crippen LogP contribution is -2.30. The normalized spacial score (nSPS) is 13.2. The molecule has 0 bridgehead atoms. The maximum atomic E-state index is 12.9. The molecule has 1 unspecified atom stereocenters. The van der Waals surface area contributed by atoms with Crippen LogP contribution < -0.4 is 0 Å². The highest BCUT2D eigenvalue weighted by Crippen LogP contribution is 2.14. The molecule has 0 aromatic carbocycles. The number of carbonyl (C=O) groups excluding carboxylic acids is 3. The number of unbranched alkanes of at least 4 members (excludes halogenated alkanes) is 17. The fraction of sp³-hybridized carbons (Fsp3) is 0.592. The molecule has 0 aromatic rings. The van der Waals surface area contributed by atoms with E-state index in [0.717, 1.165) is 141 Å². The van der Waals surface area contributed by atoms with Crippen molar-refractivity contribution in [1.82, 2.24) is 0 Å². The Morgan fingerprint density at radius 2 is 0.519 bits per heavy atom. The van der Waals surface area contributed by atoms with Gasteiger partial charge in [0.15, 0.2) is 6.10 Å². The van der Waals surface area contributed by atoms with Crippen molar-refractivity contribution in [1.29, 1.82) is 0 Å². The van der Waals surface area contributed by atoms with E-state index < -0.39 is 6.10 Å². The van der Waals surface area contributed by atoms with E-state index in [2.05, 4.69) is 179 Å². The molecule has 0 heterocycles. The predicted molar refractivity (Wildman–Crippen MR) is 334 cm³/mol. The molecule has 0 rings (SSSR count). The van der Waals surface area contributed by atoms with Crippen LogP contribution in [0.1, 0.15) is 252 Å². The van der Waals surface area contributed by atoms with Crippen molar-refractivity contribution < 1.29 is 28.6 Å². The lowest BCUT2D eigenvalue weighted by molar-refractivity contribution is -0.167. The van der Waals surface area contributed by atoms with Crippen LogP contribution >= 0.6 is 0 Å². The first-order chi connectivity index (χ1) is 38.0. The van der Waals surface area contributed by atoms with Crippen LogP contribution in [0.2, 0.25) is 0 Å². The highest BCUT2D eigenvalue weighted by Gasteiger charge is 2.19. The number of hydrogen-bond donors (Lipinski definition) is 0. The van der Waals surface area contributed by atoms with E-state index in [1.165, 1.54) is 64.2 Å². The maximum absolute atomic E-state index is 12.9. The summed E-state index contributed by atoms with van der Waals surface area (Å²) in [6, 6.07) is 0. The summed E-state index contributed by atoms with van der Waals surface area (Å²) in [6.45, 7) is 6.32. The SMILES string of the molecule is CC/C=C\C/C=C\C/C=C\C/C=C\C/C=C\C/C=C\C/C=C\CCCC(=O)OCC(COC(=O)CCCCCCCCC/C=C\C/C=C\CCCCC)OC(=O)CCCCCCCC/C=C\C/C=C\C/C=C\C/C=C\CC. The van der Waals surface area contributed by atoms with Crippen LogP contribution in [0.15, 0.2) is 158 Å².